The van der Waals surface area contributed by atoms with Crippen molar-refractivity contribution in [3.63, 3.8) is 0 Å². The van der Waals surface area contributed by atoms with Crippen LogP contribution in [0.4, 0.5) is 0 Å². The van der Waals surface area contributed by atoms with Gasteiger partial charge >= 0.3 is 0 Å². The fourth-order valence-electron chi connectivity index (χ4n) is 3.06. The van der Waals surface area contributed by atoms with Crippen LogP contribution in [0.3, 0.4) is 0 Å². The Bertz CT molecular complexity index is 600. The number of nitrogens with zero attached hydrogens (tertiary/aromatic N) is 2. The van der Waals surface area contributed by atoms with E-state index in [1.807, 2.05) is 6.92 Å². The van der Waals surface area contributed by atoms with Crippen molar-refractivity contribution in [2.24, 2.45) is 0 Å². The van der Waals surface area contributed by atoms with E-state index in [2.05, 4.69) is 4.90 Å². The molecule has 0 aliphatic carbocycles. The molecule has 3 heterocycles. The second kappa shape index (κ2) is 5.57. The molecule has 2 fully saturated rings. The first-order valence-electron chi connectivity index (χ1n) is 6.92. The third-order valence-corrected chi connectivity index (χ3v) is 8.24. The number of thiophene rings is 1. The molecule has 2 aliphatic rings. The normalized spacial score (nSPS) is 25.0. The Morgan fingerprint density at radius 1 is 1.40 bits per heavy atom. The van der Waals surface area contributed by atoms with Gasteiger partial charge in [0.25, 0.3) is 10.0 Å². The molecule has 112 valence electrons. The Labute approximate surface area is 129 Å². The minimum absolute atomic E-state index is 0.377. The zero-order valence-electron chi connectivity index (χ0n) is 11.5. The molecule has 0 N–H and O–H groups in total. The Morgan fingerprint density at radius 3 is 2.90 bits per heavy atom. The lowest BCUT2D eigenvalue weighted by Crippen LogP contribution is -2.51. The summed E-state index contributed by atoms with van der Waals surface area (Å²) in [5, 5.41) is 0. The molecule has 0 spiro atoms. The van der Waals surface area contributed by atoms with Crippen molar-refractivity contribution in [2.45, 2.75) is 35.9 Å². The van der Waals surface area contributed by atoms with Gasteiger partial charge in [-0.3, -0.25) is 4.90 Å². The lowest BCUT2D eigenvalue weighted by atomic mass is 10.2. The van der Waals surface area contributed by atoms with E-state index in [0.717, 1.165) is 30.0 Å². The molecule has 7 heteroatoms. The van der Waals surface area contributed by atoms with E-state index >= 15 is 0 Å². The minimum Gasteiger partial charge on any atom is -0.298 e. The van der Waals surface area contributed by atoms with Crippen LogP contribution in [0.15, 0.2) is 10.3 Å². The topological polar surface area (TPSA) is 40.6 Å². The summed E-state index contributed by atoms with van der Waals surface area (Å²) in [6.07, 6.45) is 2.30. The number of sulfonamides is 1. The van der Waals surface area contributed by atoms with Crippen molar-refractivity contribution in [1.82, 2.24) is 9.21 Å². The smallest absolute Gasteiger partial charge is 0.252 e. The van der Waals surface area contributed by atoms with Crippen LogP contribution in [0, 0.1) is 6.92 Å². The van der Waals surface area contributed by atoms with Crippen LogP contribution in [0.1, 0.15) is 23.3 Å². The molecule has 1 unspecified atom stereocenters. The van der Waals surface area contributed by atoms with E-state index in [1.165, 1.54) is 17.8 Å². The van der Waals surface area contributed by atoms with Gasteiger partial charge in [0, 0.05) is 30.6 Å². The van der Waals surface area contributed by atoms with Crippen molar-refractivity contribution in [2.75, 3.05) is 26.2 Å². The summed E-state index contributed by atoms with van der Waals surface area (Å²) in [6.45, 7) is 5.13. The number of aryl methyl sites for hydroxylation is 1. The maximum absolute atomic E-state index is 12.7. The maximum atomic E-state index is 12.7. The molecule has 0 amide bonds. The molecule has 2 saturated heterocycles. The lowest BCUT2D eigenvalue weighted by Gasteiger charge is -2.36. The van der Waals surface area contributed by atoms with E-state index in [4.69, 9.17) is 11.6 Å². The molecule has 1 aromatic heterocycles. The second-order valence-corrected chi connectivity index (χ2v) is 9.07. The van der Waals surface area contributed by atoms with E-state index in [1.54, 1.807) is 10.4 Å². The first-order valence-corrected chi connectivity index (χ1v) is 9.71. The molecule has 0 radical (unpaired) electrons. The molecular weight excluding hydrogens is 316 g/mol. The highest BCUT2D eigenvalue weighted by atomic mass is 35.5. The Kier molecular flexibility index (Phi) is 4.12. The van der Waals surface area contributed by atoms with Gasteiger partial charge in [-0.1, -0.05) is 0 Å². The lowest BCUT2D eigenvalue weighted by molar-refractivity contribution is 0.158. The number of fused-ring (bicyclic) bond motifs is 1. The molecule has 2 aliphatic heterocycles. The number of alkyl halides is 1. The van der Waals surface area contributed by atoms with Crippen LogP contribution in [-0.2, 0) is 15.9 Å². The van der Waals surface area contributed by atoms with Gasteiger partial charge < -0.3 is 0 Å². The SMILES string of the molecule is Cc1cc(S(=O)(=O)N2CCN3CCCC3C2)sc1CCl. The molecule has 20 heavy (non-hydrogen) atoms. The summed E-state index contributed by atoms with van der Waals surface area (Å²) in [7, 11) is -3.35. The maximum Gasteiger partial charge on any atom is 0.252 e. The van der Waals surface area contributed by atoms with Gasteiger partial charge in [-0.05, 0) is 37.9 Å². The molecular formula is C13H19ClN2O2S2. The first kappa shape index (κ1) is 14.8. The Hall–Kier alpha value is -0.140. The average Bonchev–Trinajstić information content (AvgIpc) is 3.03. The zero-order chi connectivity index (χ0) is 14.3. The zero-order valence-corrected chi connectivity index (χ0v) is 13.9. The summed E-state index contributed by atoms with van der Waals surface area (Å²) in [5.41, 5.74) is 0.975. The standard InChI is InChI=1S/C13H19ClN2O2S2/c1-10-7-13(19-12(10)8-14)20(17,18)16-6-5-15-4-2-3-11(15)9-16/h7,11H,2-6,8-9H2,1H3. The molecule has 4 nitrogen and oxygen atoms in total. The molecule has 1 aromatic rings. The summed E-state index contributed by atoms with van der Waals surface area (Å²) in [5.74, 6) is 0.377. The van der Waals surface area contributed by atoms with E-state index in [0.29, 0.717) is 29.2 Å². The summed E-state index contributed by atoms with van der Waals surface area (Å²) in [4.78, 5) is 3.36. The third-order valence-electron chi connectivity index (χ3n) is 4.26. The van der Waals surface area contributed by atoms with E-state index < -0.39 is 10.0 Å². The average molecular weight is 335 g/mol. The highest BCUT2D eigenvalue weighted by Gasteiger charge is 2.36. The van der Waals surface area contributed by atoms with Crippen molar-refractivity contribution in [3.8, 4) is 0 Å². The van der Waals surface area contributed by atoms with E-state index in [9.17, 15) is 8.42 Å². The van der Waals surface area contributed by atoms with Crippen LogP contribution in [0.25, 0.3) is 0 Å². The Balaban J connectivity index is 1.84. The van der Waals surface area contributed by atoms with Crippen molar-refractivity contribution in [3.05, 3.63) is 16.5 Å². The highest BCUT2D eigenvalue weighted by Crippen LogP contribution is 2.31. The summed E-state index contributed by atoms with van der Waals surface area (Å²) in [6, 6.07) is 2.17. The summed E-state index contributed by atoms with van der Waals surface area (Å²) >= 11 is 7.16. The van der Waals surface area contributed by atoms with Gasteiger partial charge in [-0.25, -0.2) is 8.42 Å². The largest absolute Gasteiger partial charge is 0.298 e. The van der Waals surface area contributed by atoms with Crippen molar-refractivity contribution in [1.29, 1.82) is 0 Å². The Morgan fingerprint density at radius 2 is 2.20 bits per heavy atom. The predicted molar refractivity (Wildman–Crippen MR) is 82.0 cm³/mol. The minimum atomic E-state index is -3.35. The van der Waals surface area contributed by atoms with Crippen LogP contribution in [-0.4, -0.2) is 49.8 Å². The van der Waals surface area contributed by atoms with Gasteiger partial charge in [0.15, 0.2) is 0 Å². The van der Waals surface area contributed by atoms with Gasteiger partial charge in [0.1, 0.15) is 4.21 Å². The molecule has 0 bridgehead atoms. The van der Waals surface area contributed by atoms with Gasteiger partial charge in [0.2, 0.25) is 0 Å². The van der Waals surface area contributed by atoms with Crippen LogP contribution >= 0.6 is 22.9 Å². The van der Waals surface area contributed by atoms with Crippen LogP contribution in [0.2, 0.25) is 0 Å². The fraction of sp³-hybridized carbons (Fsp3) is 0.692. The molecule has 0 aromatic carbocycles. The number of halogens is 1. The van der Waals surface area contributed by atoms with Gasteiger partial charge in [0.05, 0.1) is 5.88 Å². The number of rotatable bonds is 3. The van der Waals surface area contributed by atoms with Gasteiger partial charge in [-0.15, -0.1) is 22.9 Å². The number of hydrogen-bond donors (Lipinski definition) is 0. The number of hydrogen-bond acceptors (Lipinski definition) is 4. The monoisotopic (exact) mass is 334 g/mol. The van der Waals surface area contributed by atoms with E-state index in [-0.39, 0.29) is 0 Å². The van der Waals surface area contributed by atoms with Gasteiger partial charge in [-0.2, -0.15) is 4.31 Å². The quantitative estimate of drug-likeness (QED) is 0.796. The predicted octanol–water partition coefficient (Wildman–Crippen LogP) is 2.26. The summed E-state index contributed by atoms with van der Waals surface area (Å²) < 4.78 is 27.6. The van der Waals surface area contributed by atoms with Crippen molar-refractivity contribution >= 4 is 33.0 Å². The molecule has 3 rings (SSSR count). The fourth-order valence-corrected chi connectivity index (χ4v) is 6.49. The molecule has 0 saturated carbocycles. The van der Waals surface area contributed by atoms with Crippen LogP contribution in [0.5, 0.6) is 0 Å². The van der Waals surface area contributed by atoms with Crippen LogP contribution < -0.4 is 0 Å². The molecule has 1 atom stereocenters. The van der Waals surface area contributed by atoms with Crippen molar-refractivity contribution < 1.29 is 8.42 Å². The third kappa shape index (κ3) is 2.52. The first-order chi connectivity index (χ1) is 9.52. The number of piperazine rings is 1. The second-order valence-electron chi connectivity index (χ2n) is 5.50. The highest BCUT2D eigenvalue weighted by molar-refractivity contribution is 7.91.